The van der Waals surface area contributed by atoms with Crippen LogP contribution in [-0.2, 0) is 20.7 Å². The molecule has 196 valence electrons. The van der Waals surface area contributed by atoms with Gasteiger partial charge in [0.1, 0.15) is 5.82 Å². The molecule has 0 radical (unpaired) electrons. The lowest BCUT2D eigenvalue weighted by Gasteiger charge is -2.36. The lowest BCUT2D eigenvalue weighted by Crippen LogP contribution is -2.40. The quantitative estimate of drug-likeness (QED) is 0.401. The van der Waals surface area contributed by atoms with Gasteiger partial charge in [-0.25, -0.2) is 4.39 Å². The molecule has 0 unspecified atom stereocenters. The predicted molar refractivity (Wildman–Crippen MR) is 128 cm³/mol. The molecule has 1 fully saturated rings. The molecule has 0 aliphatic carbocycles. The molecule has 36 heavy (non-hydrogen) atoms. The average Bonchev–Trinajstić information content (AvgIpc) is 2.80. The highest BCUT2D eigenvalue weighted by molar-refractivity contribution is 6.30. The van der Waals surface area contributed by atoms with E-state index in [1.165, 1.54) is 24.3 Å². The van der Waals surface area contributed by atoms with E-state index in [1.54, 1.807) is 0 Å². The molecule has 2 aromatic rings. The van der Waals surface area contributed by atoms with E-state index in [9.17, 15) is 27.2 Å². The summed E-state index contributed by atoms with van der Waals surface area (Å²) in [7, 11) is 0. The van der Waals surface area contributed by atoms with Gasteiger partial charge in [0, 0.05) is 30.8 Å². The number of anilines is 2. The van der Waals surface area contributed by atoms with Crippen molar-refractivity contribution in [3.63, 3.8) is 0 Å². The highest BCUT2D eigenvalue weighted by Crippen LogP contribution is 2.41. The predicted octanol–water partition coefficient (Wildman–Crippen LogP) is 5.79. The summed E-state index contributed by atoms with van der Waals surface area (Å²) in [5, 5.41) is 11.8. The summed E-state index contributed by atoms with van der Waals surface area (Å²) >= 11 is 5.76. The molecular weight excluding hydrogens is 504 g/mol. The summed E-state index contributed by atoms with van der Waals surface area (Å²) in [6.07, 6.45) is -4.93. The van der Waals surface area contributed by atoms with Crippen molar-refractivity contribution in [1.82, 2.24) is 0 Å². The number of amides is 1. The molecule has 1 amide bonds. The van der Waals surface area contributed by atoms with Gasteiger partial charge in [0.2, 0.25) is 5.91 Å². The van der Waals surface area contributed by atoms with Gasteiger partial charge in [-0.2, -0.15) is 13.2 Å². The molecule has 11 heteroatoms. The van der Waals surface area contributed by atoms with Crippen LogP contribution in [0.1, 0.15) is 43.2 Å². The van der Waals surface area contributed by atoms with Crippen LogP contribution in [0.25, 0.3) is 0 Å². The average molecular weight is 531 g/mol. The molecule has 1 aliphatic rings. The van der Waals surface area contributed by atoms with Gasteiger partial charge in [0.05, 0.1) is 30.1 Å². The van der Waals surface area contributed by atoms with Crippen LogP contribution in [0.3, 0.4) is 0 Å². The molecule has 1 saturated heterocycles. The zero-order valence-corrected chi connectivity index (χ0v) is 20.3. The lowest BCUT2D eigenvalue weighted by molar-refractivity contribution is -0.163. The summed E-state index contributed by atoms with van der Waals surface area (Å²) in [6, 6.07) is 7.77. The smallest absolute Gasteiger partial charge is 0.396 e. The number of carbonyl (C=O) groups excluding carboxylic acids is 1. The fraction of sp³-hybridized carbons (Fsp3) is 0.440. The van der Waals surface area contributed by atoms with Crippen LogP contribution in [0.15, 0.2) is 36.4 Å². The Hall–Kier alpha value is -2.85. The summed E-state index contributed by atoms with van der Waals surface area (Å²) in [6.45, 7) is 3.47. The highest BCUT2D eigenvalue weighted by Gasteiger charge is 2.42. The third-order valence-electron chi connectivity index (χ3n) is 6.12. The third kappa shape index (κ3) is 7.10. The van der Waals surface area contributed by atoms with E-state index in [4.69, 9.17) is 21.4 Å². The summed E-state index contributed by atoms with van der Waals surface area (Å²) in [5.74, 6) is -5.17. The number of nitrogens with one attached hydrogen (secondary N) is 1. The number of rotatable bonds is 9. The van der Waals surface area contributed by atoms with Crippen molar-refractivity contribution < 1.29 is 37.0 Å². The van der Waals surface area contributed by atoms with E-state index in [2.05, 4.69) is 5.32 Å². The first-order valence-electron chi connectivity index (χ1n) is 11.5. The normalized spacial score (nSPS) is 15.4. The Kier molecular flexibility index (Phi) is 9.19. The maximum absolute atomic E-state index is 14.2. The van der Waals surface area contributed by atoms with Crippen molar-refractivity contribution in [2.24, 2.45) is 0 Å². The molecule has 0 spiro atoms. The largest absolute Gasteiger partial charge is 0.481 e. The molecule has 6 nitrogen and oxygen atoms in total. The van der Waals surface area contributed by atoms with Crippen molar-refractivity contribution in [1.29, 1.82) is 0 Å². The van der Waals surface area contributed by atoms with Gasteiger partial charge in [0.15, 0.2) is 0 Å². The van der Waals surface area contributed by atoms with E-state index < -0.39 is 36.2 Å². The van der Waals surface area contributed by atoms with Gasteiger partial charge < -0.3 is 20.1 Å². The van der Waals surface area contributed by atoms with Crippen LogP contribution in [-0.4, -0.2) is 49.0 Å². The number of hydrogen-bond donors (Lipinski definition) is 2. The number of carbonyl (C=O) groups is 2. The number of hydrogen-bond acceptors (Lipinski definition) is 4. The van der Waals surface area contributed by atoms with E-state index >= 15 is 0 Å². The maximum atomic E-state index is 14.2. The molecular formula is C25H27ClF4N2O4. The van der Waals surface area contributed by atoms with Gasteiger partial charge in [0.25, 0.3) is 0 Å². The standard InChI is InChI=1S/C25H27ClF4N2O4/c1-2-32(18-7-9-36-10-8-18)22-6-4-15(19(14-24(34)35)25(28,29)30)11-21(22)31-23(33)12-16-3-5-17(26)13-20(16)27/h3-6,11,13,18-19H,2,7-10,12,14H2,1H3,(H,31,33)(H,34,35)/t19-/m0/s1. The Balaban J connectivity index is 1.99. The van der Waals surface area contributed by atoms with Crippen molar-refractivity contribution >= 4 is 34.9 Å². The second kappa shape index (κ2) is 11.9. The molecule has 1 aliphatic heterocycles. The van der Waals surface area contributed by atoms with Crippen molar-refractivity contribution in [2.45, 2.75) is 50.7 Å². The van der Waals surface area contributed by atoms with E-state index in [1.807, 2.05) is 11.8 Å². The molecule has 2 aromatic carbocycles. The Morgan fingerprint density at radius 1 is 1.19 bits per heavy atom. The molecule has 3 rings (SSSR count). The molecule has 0 aromatic heterocycles. The summed E-state index contributed by atoms with van der Waals surface area (Å²) in [5.41, 5.74) is 0.379. The first-order valence-corrected chi connectivity index (χ1v) is 11.9. The van der Waals surface area contributed by atoms with Crippen molar-refractivity contribution in [3.05, 3.63) is 58.4 Å². The minimum Gasteiger partial charge on any atom is -0.481 e. The van der Waals surface area contributed by atoms with Crippen molar-refractivity contribution in [2.75, 3.05) is 30.0 Å². The Bertz CT molecular complexity index is 1090. The minimum atomic E-state index is -4.81. The number of nitrogens with zero attached hydrogens (tertiary/aromatic N) is 1. The SMILES string of the molecule is CCN(c1ccc([C@H](CC(=O)O)C(F)(F)F)cc1NC(=O)Cc1ccc(Cl)cc1F)C1CCOCC1. The fourth-order valence-electron chi connectivity index (χ4n) is 4.37. The van der Waals surface area contributed by atoms with Crippen LogP contribution < -0.4 is 10.2 Å². The second-order valence-electron chi connectivity index (χ2n) is 8.56. The Labute approximate surface area is 211 Å². The highest BCUT2D eigenvalue weighted by atomic mass is 35.5. The monoisotopic (exact) mass is 530 g/mol. The van der Waals surface area contributed by atoms with Gasteiger partial charge >= 0.3 is 12.1 Å². The van der Waals surface area contributed by atoms with Gasteiger partial charge in [-0.3, -0.25) is 9.59 Å². The van der Waals surface area contributed by atoms with E-state index in [0.717, 1.165) is 12.1 Å². The fourth-order valence-corrected chi connectivity index (χ4v) is 4.53. The van der Waals surface area contributed by atoms with Crippen LogP contribution >= 0.6 is 11.6 Å². The number of aliphatic carboxylic acids is 1. The molecule has 2 N–H and O–H groups in total. The van der Waals surface area contributed by atoms with Crippen LogP contribution in [0.4, 0.5) is 28.9 Å². The Morgan fingerprint density at radius 3 is 2.47 bits per heavy atom. The van der Waals surface area contributed by atoms with Crippen LogP contribution in [0.2, 0.25) is 5.02 Å². The van der Waals surface area contributed by atoms with Gasteiger partial charge in [-0.1, -0.05) is 23.7 Å². The molecule has 0 bridgehead atoms. The molecule has 1 atom stereocenters. The zero-order valence-electron chi connectivity index (χ0n) is 19.6. The van der Waals surface area contributed by atoms with Crippen LogP contribution in [0, 0.1) is 5.82 Å². The van der Waals surface area contributed by atoms with E-state index in [0.29, 0.717) is 38.3 Å². The first-order chi connectivity index (χ1) is 17.0. The number of carboxylic acids is 1. The lowest BCUT2D eigenvalue weighted by atomic mass is 9.93. The number of alkyl halides is 3. The number of halogens is 5. The maximum Gasteiger partial charge on any atom is 0.396 e. The molecule has 1 heterocycles. The molecule has 0 saturated carbocycles. The van der Waals surface area contributed by atoms with Crippen LogP contribution in [0.5, 0.6) is 0 Å². The minimum absolute atomic E-state index is 0.0383. The van der Waals surface area contributed by atoms with Gasteiger partial charge in [-0.15, -0.1) is 0 Å². The second-order valence-corrected chi connectivity index (χ2v) is 9.00. The van der Waals surface area contributed by atoms with E-state index in [-0.39, 0.29) is 34.3 Å². The van der Waals surface area contributed by atoms with Crippen molar-refractivity contribution in [3.8, 4) is 0 Å². The first kappa shape index (κ1) is 27.7. The number of ether oxygens (including phenoxy) is 1. The Morgan fingerprint density at radius 2 is 1.89 bits per heavy atom. The zero-order chi connectivity index (χ0) is 26.5. The third-order valence-corrected chi connectivity index (χ3v) is 6.35. The number of carboxylic acid groups (broad SMARTS) is 1. The van der Waals surface area contributed by atoms with Gasteiger partial charge in [-0.05, 0) is 55.2 Å². The summed E-state index contributed by atoms with van der Waals surface area (Å²) < 4.78 is 60.8. The summed E-state index contributed by atoms with van der Waals surface area (Å²) in [4.78, 5) is 26.0. The number of benzene rings is 2. The topological polar surface area (TPSA) is 78.9 Å².